The van der Waals surface area contributed by atoms with Gasteiger partial charge in [0.15, 0.2) is 15.8 Å². The number of hydrogen-bond acceptors (Lipinski definition) is 3. The Morgan fingerprint density at radius 1 is 0.963 bits per heavy atom. The maximum absolute atomic E-state index is 11.5. The smallest absolute Gasteiger partial charge is 0.191 e. The monoisotopic (exact) mass is 501 g/mol. The van der Waals surface area contributed by atoms with Crippen molar-refractivity contribution in [1.82, 2.24) is 10.6 Å². The number of halogens is 1. The van der Waals surface area contributed by atoms with Crippen LogP contribution in [0.2, 0.25) is 0 Å². The SMILES string of the molecule is CCNC(=NCc1ccc(C)cc1)NCCc1ccc(S(C)(=O)=O)cc1.I. The van der Waals surface area contributed by atoms with Crippen LogP contribution in [0.4, 0.5) is 0 Å². The van der Waals surface area contributed by atoms with Crippen LogP contribution in [0.15, 0.2) is 58.4 Å². The zero-order chi connectivity index (χ0) is 19.0. The highest BCUT2D eigenvalue weighted by molar-refractivity contribution is 14.0. The van der Waals surface area contributed by atoms with E-state index < -0.39 is 9.84 Å². The Bertz CT molecular complexity index is 833. The maximum Gasteiger partial charge on any atom is 0.191 e. The molecule has 27 heavy (non-hydrogen) atoms. The molecule has 0 bridgehead atoms. The first-order chi connectivity index (χ1) is 12.4. The lowest BCUT2D eigenvalue weighted by Gasteiger charge is -2.11. The van der Waals surface area contributed by atoms with Crippen molar-refractivity contribution in [2.75, 3.05) is 19.3 Å². The lowest BCUT2D eigenvalue weighted by molar-refractivity contribution is 0.602. The van der Waals surface area contributed by atoms with E-state index in [0.717, 1.165) is 31.0 Å². The van der Waals surface area contributed by atoms with Crippen molar-refractivity contribution in [2.24, 2.45) is 4.99 Å². The van der Waals surface area contributed by atoms with E-state index in [1.807, 2.05) is 19.1 Å². The highest BCUT2D eigenvalue weighted by atomic mass is 127. The molecule has 0 radical (unpaired) electrons. The second-order valence-corrected chi connectivity index (χ2v) is 8.29. The number of nitrogens with one attached hydrogen (secondary N) is 2. The van der Waals surface area contributed by atoms with Gasteiger partial charge in [0.1, 0.15) is 0 Å². The van der Waals surface area contributed by atoms with E-state index in [1.165, 1.54) is 17.4 Å². The lowest BCUT2D eigenvalue weighted by atomic mass is 10.1. The van der Waals surface area contributed by atoms with E-state index in [2.05, 4.69) is 46.8 Å². The Kier molecular flexibility index (Phi) is 9.79. The largest absolute Gasteiger partial charge is 0.357 e. The molecule has 0 saturated carbocycles. The fraction of sp³-hybridized carbons (Fsp3) is 0.350. The molecule has 0 unspecified atom stereocenters. The molecule has 148 valence electrons. The first-order valence-electron chi connectivity index (χ1n) is 8.75. The first kappa shape index (κ1) is 23.4. The van der Waals surface area contributed by atoms with Crippen LogP contribution in [0.3, 0.4) is 0 Å². The Labute approximate surface area is 179 Å². The molecule has 2 aromatic rings. The third-order valence-corrected chi connectivity index (χ3v) is 5.07. The van der Waals surface area contributed by atoms with Crippen LogP contribution in [0.5, 0.6) is 0 Å². The molecule has 7 heteroatoms. The maximum atomic E-state index is 11.5. The van der Waals surface area contributed by atoms with Gasteiger partial charge in [-0.05, 0) is 43.5 Å². The topological polar surface area (TPSA) is 70.6 Å². The van der Waals surface area contributed by atoms with Crippen molar-refractivity contribution in [3.05, 3.63) is 65.2 Å². The van der Waals surface area contributed by atoms with Crippen molar-refractivity contribution in [1.29, 1.82) is 0 Å². The average molecular weight is 501 g/mol. The van der Waals surface area contributed by atoms with E-state index in [9.17, 15) is 8.42 Å². The molecule has 0 aliphatic rings. The van der Waals surface area contributed by atoms with Crippen LogP contribution in [0, 0.1) is 6.92 Å². The Morgan fingerprint density at radius 2 is 1.56 bits per heavy atom. The zero-order valence-corrected chi connectivity index (χ0v) is 19.2. The molecule has 0 amide bonds. The summed E-state index contributed by atoms with van der Waals surface area (Å²) in [7, 11) is -3.14. The highest BCUT2D eigenvalue weighted by Crippen LogP contribution is 2.10. The Morgan fingerprint density at radius 3 is 2.11 bits per heavy atom. The standard InChI is InChI=1S/C20H27N3O2S.HI/c1-4-21-20(23-15-18-7-5-16(2)6-8-18)22-14-13-17-9-11-19(12-10-17)26(3,24)25;/h5-12H,4,13-15H2,1-3H3,(H2,21,22,23);1H. The summed E-state index contributed by atoms with van der Waals surface area (Å²) in [6.45, 7) is 6.24. The summed E-state index contributed by atoms with van der Waals surface area (Å²) in [5, 5.41) is 6.56. The summed E-state index contributed by atoms with van der Waals surface area (Å²) < 4.78 is 23.0. The molecule has 2 rings (SSSR count). The van der Waals surface area contributed by atoms with Gasteiger partial charge in [0, 0.05) is 19.3 Å². The molecule has 0 fully saturated rings. The zero-order valence-electron chi connectivity index (χ0n) is 16.0. The number of aryl methyl sites for hydroxylation is 1. The van der Waals surface area contributed by atoms with Crippen LogP contribution >= 0.6 is 24.0 Å². The number of hydrogen-bond donors (Lipinski definition) is 2. The predicted molar refractivity (Wildman–Crippen MR) is 123 cm³/mol. The number of guanidine groups is 1. The fourth-order valence-corrected chi connectivity index (χ4v) is 3.06. The van der Waals surface area contributed by atoms with Crippen molar-refractivity contribution >= 4 is 39.8 Å². The third-order valence-electron chi connectivity index (χ3n) is 3.94. The highest BCUT2D eigenvalue weighted by Gasteiger charge is 2.06. The minimum Gasteiger partial charge on any atom is -0.357 e. The molecule has 0 aliphatic carbocycles. The van der Waals surface area contributed by atoms with Crippen LogP contribution in [0.1, 0.15) is 23.6 Å². The van der Waals surface area contributed by atoms with Gasteiger partial charge in [-0.15, -0.1) is 24.0 Å². The van der Waals surface area contributed by atoms with Gasteiger partial charge < -0.3 is 10.6 Å². The molecule has 0 aliphatic heterocycles. The number of sulfone groups is 1. The molecular weight excluding hydrogens is 473 g/mol. The molecule has 0 atom stereocenters. The summed E-state index contributed by atoms with van der Waals surface area (Å²) in [5.41, 5.74) is 3.49. The summed E-state index contributed by atoms with van der Waals surface area (Å²) in [6, 6.07) is 15.4. The normalized spacial score (nSPS) is 11.6. The van der Waals surface area contributed by atoms with Crippen LogP contribution in [-0.4, -0.2) is 33.7 Å². The molecule has 2 N–H and O–H groups in total. The van der Waals surface area contributed by atoms with E-state index in [1.54, 1.807) is 12.1 Å². The number of rotatable bonds is 7. The van der Waals surface area contributed by atoms with E-state index in [4.69, 9.17) is 0 Å². The van der Waals surface area contributed by atoms with Gasteiger partial charge >= 0.3 is 0 Å². The van der Waals surface area contributed by atoms with Crippen LogP contribution in [0.25, 0.3) is 0 Å². The predicted octanol–water partition coefficient (Wildman–Crippen LogP) is 3.31. The van der Waals surface area contributed by atoms with Gasteiger partial charge in [-0.1, -0.05) is 42.0 Å². The summed E-state index contributed by atoms with van der Waals surface area (Å²) >= 11 is 0. The minimum atomic E-state index is -3.14. The number of aliphatic imine (C=N–C) groups is 1. The van der Waals surface area contributed by atoms with Crippen LogP contribution < -0.4 is 10.6 Å². The van der Waals surface area contributed by atoms with E-state index in [-0.39, 0.29) is 24.0 Å². The molecule has 2 aromatic carbocycles. The van der Waals surface area contributed by atoms with E-state index in [0.29, 0.717) is 11.4 Å². The number of benzene rings is 2. The van der Waals surface area contributed by atoms with Crippen molar-refractivity contribution in [3.63, 3.8) is 0 Å². The minimum absolute atomic E-state index is 0. The van der Waals surface area contributed by atoms with Gasteiger partial charge in [-0.25, -0.2) is 13.4 Å². The van der Waals surface area contributed by atoms with Crippen molar-refractivity contribution in [3.8, 4) is 0 Å². The molecule has 5 nitrogen and oxygen atoms in total. The second-order valence-electron chi connectivity index (χ2n) is 6.27. The molecular formula is C20H28IN3O2S. The average Bonchev–Trinajstić information content (AvgIpc) is 2.61. The summed E-state index contributed by atoms with van der Waals surface area (Å²) in [4.78, 5) is 4.96. The Balaban J connectivity index is 0.00000364. The van der Waals surface area contributed by atoms with Gasteiger partial charge in [0.05, 0.1) is 11.4 Å². The van der Waals surface area contributed by atoms with Crippen molar-refractivity contribution in [2.45, 2.75) is 31.7 Å². The fourth-order valence-electron chi connectivity index (χ4n) is 2.43. The van der Waals surface area contributed by atoms with Gasteiger partial charge in [-0.3, -0.25) is 0 Å². The Hall–Kier alpha value is -1.61. The van der Waals surface area contributed by atoms with Crippen molar-refractivity contribution < 1.29 is 8.42 Å². The van der Waals surface area contributed by atoms with Crippen LogP contribution in [-0.2, 0) is 22.8 Å². The second kappa shape index (κ2) is 11.3. The summed E-state index contributed by atoms with van der Waals surface area (Å²) in [6.07, 6.45) is 2.01. The van der Waals surface area contributed by atoms with Gasteiger partial charge in [0.25, 0.3) is 0 Å². The third kappa shape index (κ3) is 8.30. The number of nitrogens with zero attached hydrogens (tertiary/aromatic N) is 1. The molecule has 0 aromatic heterocycles. The van der Waals surface area contributed by atoms with Gasteiger partial charge in [0.2, 0.25) is 0 Å². The lowest BCUT2D eigenvalue weighted by Crippen LogP contribution is -2.38. The molecule has 0 spiro atoms. The van der Waals surface area contributed by atoms with Gasteiger partial charge in [-0.2, -0.15) is 0 Å². The first-order valence-corrected chi connectivity index (χ1v) is 10.6. The summed E-state index contributed by atoms with van der Waals surface area (Å²) in [5.74, 6) is 0.779. The molecule has 0 heterocycles. The quantitative estimate of drug-likeness (QED) is 0.347. The van der Waals surface area contributed by atoms with E-state index >= 15 is 0 Å². The molecule has 0 saturated heterocycles.